The van der Waals surface area contributed by atoms with Crippen molar-refractivity contribution >= 4 is 22.2 Å². The second kappa shape index (κ2) is 7.07. The van der Waals surface area contributed by atoms with Gasteiger partial charge in [0.05, 0.1) is 6.21 Å². The van der Waals surface area contributed by atoms with E-state index in [-0.39, 0.29) is 12.4 Å². The van der Waals surface area contributed by atoms with Crippen LogP contribution >= 0.6 is 0 Å². The molecule has 1 amide bonds. The maximum absolute atomic E-state index is 11.6. The highest BCUT2D eigenvalue weighted by Gasteiger charge is 2.14. The van der Waals surface area contributed by atoms with E-state index < -0.39 is 21.1 Å². The van der Waals surface area contributed by atoms with E-state index in [0.29, 0.717) is 5.75 Å². The Morgan fingerprint density at radius 2 is 2.09 bits per heavy atom. The molecular formula is C14H14N2O6S. The minimum absolute atomic E-state index is 0.0535. The van der Waals surface area contributed by atoms with Crippen LogP contribution in [0.4, 0.5) is 0 Å². The lowest BCUT2D eigenvalue weighted by Crippen LogP contribution is -2.24. The van der Waals surface area contributed by atoms with Crippen LogP contribution < -0.4 is 10.2 Å². The van der Waals surface area contributed by atoms with Gasteiger partial charge in [-0.05, 0) is 30.7 Å². The molecule has 2 N–H and O–H groups in total. The van der Waals surface area contributed by atoms with Gasteiger partial charge in [-0.2, -0.15) is 13.5 Å². The van der Waals surface area contributed by atoms with Gasteiger partial charge in [0.1, 0.15) is 11.5 Å². The lowest BCUT2D eigenvalue weighted by Gasteiger charge is -2.07. The quantitative estimate of drug-likeness (QED) is 0.466. The number of amides is 1. The first-order valence-electron chi connectivity index (χ1n) is 6.44. The molecule has 23 heavy (non-hydrogen) atoms. The number of benzene rings is 1. The van der Waals surface area contributed by atoms with Gasteiger partial charge < -0.3 is 9.15 Å². The summed E-state index contributed by atoms with van der Waals surface area (Å²) in [7, 11) is -4.40. The number of carbonyl (C=O) groups excluding carboxylic acids is 1. The molecule has 0 saturated heterocycles. The van der Waals surface area contributed by atoms with Crippen LogP contribution in [0.25, 0.3) is 0 Å². The Balaban J connectivity index is 1.84. The van der Waals surface area contributed by atoms with Crippen molar-refractivity contribution in [1.29, 1.82) is 0 Å². The number of furan rings is 1. The lowest BCUT2D eigenvalue weighted by atomic mass is 10.2. The number of rotatable bonds is 6. The zero-order chi connectivity index (χ0) is 16.9. The van der Waals surface area contributed by atoms with Crippen LogP contribution in [0.3, 0.4) is 0 Å². The topological polar surface area (TPSA) is 118 Å². The monoisotopic (exact) mass is 338 g/mol. The molecule has 8 nitrogen and oxygen atoms in total. The number of nitrogens with one attached hydrogen (secondary N) is 1. The largest absolute Gasteiger partial charge is 0.483 e. The van der Waals surface area contributed by atoms with Gasteiger partial charge in [0.25, 0.3) is 5.91 Å². The van der Waals surface area contributed by atoms with E-state index in [1.807, 2.05) is 19.1 Å². The van der Waals surface area contributed by atoms with Gasteiger partial charge in [-0.1, -0.05) is 18.2 Å². The second-order valence-corrected chi connectivity index (χ2v) is 5.83. The van der Waals surface area contributed by atoms with E-state index >= 15 is 0 Å². The smallest absolute Gasteiger partial charge is 0.328 e. The van der Waals surface area contributed by atoms with Crippen LogP contribution in [0.5, 0.6) is 5.75 Å². The summed E-state index contributed by atoms with van der Waals surface area (Å²) in [6, 6.07) is 9.60. The molecule has 2 rings (SSSR count). The Morgan fingerprint density at radius 1 is 1.35 bits per heavy atom. The fourth-order valence-corrected chi connectivity index (χ4v) is 2.05. The van der Waals surface area contributed by atoms with E-state index in [2.05, 4.69) is 10.5 Å². The number of ether oxygens (including phenoxy) is 1. The molecule has 1 heterocycles. The molecule has 9 heteroatoms. The molecule has 1 aromatic heterocycles. The van der Waals surface area contributed by atoms with Crippen molar-refractivity contribution in [2.45, 2.75) is 12.0 Å². The predicted octanol–water partition coefficient (Wildman–Crippen LogP) is 1.36. The molecule has 122 valence electrons. The second-order valence-electron chi connectivity index (χ2n) is 4.48. The van der Waals surface area contributed by atoms with E-state index in [4.69, 9.17) is 13.7 Å². The summed E-state index contributed by atoms with van der Waals surface area (Å²) in [4.78, 5) is 11.6. The third kappa shape index (κ3) is 4.94. The molecule has 0 atom stereocenters. The third-order valence-electron chi connectivity index (χ3n) is 2.69. The van der Waals surface area contributed by atoms with Gasteiger partial charge >= 0.3 is 10.1 Å². The van der Waals surface area contributed by atoms with Crippen LogP contribution in [0.1, 0.15) is 11.3 Å². The van der Waals surface area contributed by atoms with Gasteiger partial charge in [-0.15, -0.1) is 0 Å². The average Bonchev–Trinajstić information content (AvgIpc) is 2.95. The number of carbonyl (C=O) groups is 1. The highest BCUT2D eigenvalue weighted by molar-refractivity contribution is 7.85. The van der Waals surface area contributed by atoms with Crippen molar-refractivity contribution in [3.63, 3.8) is 0 Å². The average molecular weight is 338 g/mol. The maximum atomic E-state index is 11.6. The lowest BCUT2D eigenvalue weighted by molar-refractivity contribution is -0.123. The van der Waals surface area contributed by atoms with E-state index in [1.165, 1.54) is 6.07 Å². The van der Waals surface area contributed by atoms with Crippen molar-refractivity contribution in [3.8, 4) is 5.75 Å². The normalized spacial score (nSPS) is 11.6. The fraction of sp³-hybridized carbons (Fsp3) is 0.143. The molecule has 0 spiro atoms. The third-order valence-corrected chi connectivity index (χ3v) is 3.42. The van der Waals surface area contributed by atoms with Crippen LogP contribution in [0, 0.1) is 6.92 Å². The highest BCUT2D eigenvalue weighted by Crippen LogP contribution is 2.15. The molecule has 2 aromatic rings. The summed E-state index contributed by atoms with van der Waals surface area (Å²) in [6.07, 6.45) is 1.10. The van der Waals surface area contributed by atoms with Crippen molar-refractivity contribution in [3.05, 3.63) is 47.7 Å². The molecule has 0 saturated carbocycles. The minimum atomic E-state index is -4.40. The van der Waals surface area contributed by atoms with Crippen molar-refractivity contribution in [2.75, 3.05) is 6.61 Å². The summed E-state index contributed by atoms with van der Waals surface area (Å²) in [5.41, 5.74) is 3.10. The van der Waals surface area contributed by atoms with Gasteiger partial charge in [0.2, 0.25) is 5.09 Å². The molecule has 0 aliphatic carbocycles. The summed E-state index contributed by atoms with van der Waals surface area (Å²) < 4.78 is 40.5. The first-order valence-corrected chi connectivity index (χ1v) is 7.88. The van der Waals surface area contributed by atoms with Crippen molar-refractivity contribution < 1.29 is 26.9 Å². The molecule has 0 aliphatic heterocycles. The number of hydrogen-bond donors (Lipinski definition) is 2. The van der Waals surface area contributed by atoms with Crippen LogP contribution in [-0.2, 0) is 14.9 Å². The standard InChI is InChI=1S/C14H14N2O6S/c1-10-4-2-3-5-12(10)21-9-13(17)16-15-8-11-6-7-14(22-11)23(18,19)20/h2-8H,9H2,1H3,(H,16,17)(H,18,19,20)/b15-8-. The number of para-hydroxylation sites is 1. The first kappa shape index (κ1) is 16.7. The highest BCUT2D eigenvalue weighted by atomic mass is 32.2. The van der Waals surface area contributed by atoms with Gasteiger partial charge in [0, 0.05) is 0 Å². The zero-order valence-electron chi connectivity index (χ0n) is 12.1. The van der Waals surface area contributed by atoms with Crippen LogP contribution in [0.2, 0.25) is 0 Å². The number of hydrazone groups is 1. The SMILES string of the molecule is Cc1ccccc1OCC(=O)N/N=C\c1ccc(S(=O)(=O)O)o1. The van der Waals surface area contributed by atoms with Crippen molar-refractivity contribution in [1.82, 2.24) is 5.43 Å². The van der Waals surface area contributed by atoms with Crippen molar-refractivity contribution in [2.24, 2.45) is 5.10 Å². The summed E-state index contributed by atoms with van der Waals surface area (Å²) in [5.74, 6) is 0.152. The predicted molar refractivity (Wildman–Crippen MR) is 80.9 cm³/mol. The zero-order valence-corrected chi connectivity index (χ0v) is 12.9. The van der Waals surface area contributed by atoms with Gasteiger partial charge in [-0.25, -0.2) is 5.43 Å². The Hall–Kier alpha value is -2.65. The Morgan fingerprint density at radius 3 is 2.74 bits per heavy atom. The summed E-state index contributed by atoms with van der Waals surface area (Å²) in [5, 5.41) is 2.99. The van der Waals surface area contributed by atoms with Crippen LogP contribution in [0.15, 0.2) is 51.0 Å². The maximum Gasteiger partial charge on any atom is 0.328 e. The molecule has 0 aliphatic rings. The number of hydrogen-bond acceptors (Lipinski definition) is 6. The fourth-order valence-electron chi connectivity index (χ4n) is 1.60. The molecule has 0 fully saturated rings. The molecule has 0 unspecified atom stereocenters. The van der Waals surface area contributed by atoms with Gasteiger partial charge in [-0.3, -0.25) is 9.35 Å². The number of nitrogens with zero attached hydrogens (tertiary/aromatic N) is 1. The Kier molecular flexibility index (Phi) is 5.14. The van der Waals surface area contributed by atoms with Crippen LogP contribution in [-0.4, -0.2) is 31.7 Å². The van der Waals surface area contributed by atoms with E-state index in [0.717, 1.165) is 17.8 Å². The molecule has 1 aromatic carbocycles. The Bertz CT molecular complexity index is 825. The van der Waals surface area contributed by atoms with Gasteiger partial charge in [0.15, 0.2) is 6.61 Å². The molecule has 0 radical (unpaired) electrons. The molecule has 0 bridgehead atoms. The van der Waals surface area contributed by atoms with E-state index in [9.17, 15) is 13.2 Å². The minimum Gasteiger partial charge on any atom is -0.483 e. The Labute approximate surface area is 132 Å². The first-order chi connectivity index (χ1) is 10.9. The molecular weight excluding hydrogens is 324 g/mol. The summed E-state index contributed by atoms with van der Waals surface area (Å²) in [6.45, 7) is 1.63. The number of aryl methyl sites for hydroxylation is 1. The summed E-state index contributed by atoms with van der Waals surface area (Å²) >= 11 is 0. The van der Waals surface area contributed by atoms with E-state index in [1.54, 1.807) is 12.1 Å².